The van der Waals surface area contributed by atoms with Crippen LogP contribution < -0.4 is 4.90 Å². The second-order valence-corrected chi connectivity index (χ2v) is 4.73. The fraction of sp³-hybridized carbons (Fsp3) is 0.692. The molecule has 3 nitrogen and oxygen atoms in total. The molecule has 96 valence electrons. The summed E-state index contributed by atoms with van der Waals surface area (Å²) < 4.78 is 0. The molecule has 4 heteroatoms. The van der Waals surface area contributed by atoms with Gasteiger partial charge in [-0.3, -0.25) is 0 Å². The number of rotatable bonds is 6. The summed E-state index contributed by atoms with van der Waals surface area (Å²) in [6, 6.07) is 0. The topological polar surface area (TPSA) is 29.0 Å². The molecule has 1 unspecified atom stereocenters. The smallest absolute Gasteiger partial charge is 0.137 e. The lowest BCUT2D eigenvalue weighted by molar-refractivity contribution is 0.544. The molecule has 0 bridgehead atoms. The second kappa shape index (κ2) is 6.80. The van der Waals surface area contributed by atoms with Crippen LogP contribution >= 0.6 is 11.6 Å². The van der Waals surface area contributed by atoms with Gasteiger partial charge in [-0.2, -0.15) is 0 Å². The fourth-order valence-electron chi connectivity index (χ4n) is 1.83. The molecule has 0 amide bonds. The number of nitrogens with zero attached hydrogens (tertiary/aromatic N) is 3. The normalized spacial score (nSPS) is 12.5. The number of hydrogen-bond donors (Lipinski definition) is 0. The van der Waals surface area contributed by atoms with Crippen LogP contribution in [0.2, 0.25) is 5.15 Å². The van der Waals surface area contributed by atoms with Crippen LogP contribution in [0.1, 0.15) is 39.7 Å². The van der Waals surface area contributed by atoms with Crippen molar-refractivity contribution in [3.63, 3.8) is 0 Å². The molecule has 1 heterocycles. The van der Waals surface area contributed by atoms with Crippen molar-refractivity contribution in [2.45, 2.75) is 40.5 Å². The van der Waals surface area contributed by atoms with Gasteiger partial charge in [-0.15, -0.1) is 0 Å². The molecule has 0 aliphatic carbocycles. The molecule has 17 heavy (non-hydrogen) atoms. The molecular weight excluding hydrogens is 234 g/mol. The molecule has 0 saturated carbocycles. The van der Waals surface area contributed by atoms with E-state index in [1.54, 1.807) is 6.33 Å². The molecule has 0 N–H and O–H groups in total. The van der Waals surface area contributed by atoms with Crippen molar-refractivity contribution in [1.82, 2.24) is 9.97 Å². The Hall–Kier alpha value is -0.830. The van der Waals surface area contributed by atoms with Gasteiger partial charge in [-0.25, -0.2) is 9.97 Å². The Balaban J connectivity index is 2.98. The number of hydrogen-bond acceptors (Lipinski definition) is 3. The van der Waals surface area contributed by atoms with Crippen LogP contribution in [0.5, 0.6) is 0 Å². The quantitative estimate of drug-likeness (QED) is 0.728. The van der Waals surface area contributed by atoms with E-state index in [0.29, 0.717) is 11.1 Å². The predicted octanol–water partition coefficient (Wildman–Crippen LogP) is 3.56. The lowest BCUT2D eigenvalue weighted by Gasteiger charge is -2.27. The number of aromatic nitrogens is 2. The highest BCUT2D eigenvalue weighted by Gasteiger charge is 2.15. The fourth-order valence-corrected chi connectivity index (χ4v) is 2.09. The zero-order chi connectivity index (χ0) is 12.8. The standard InChI is InChI=1S/C13H22ClN3/c1-5-10(4)8-17(7-3)13-11(6-2)12(14)15-9-16-13/h9-10H,5-8H2,1-4H3. The van der Waals surface area contributed by atoms with Gasteiger partial charge < -0.3 is 4.90 Å². The zero-order valence-electron chi connectivity index (χ0n) is 11.2. The van der Waals surface area contributed by atoms with E-state index in [2.05, 4.69) is 42.6 Å². The molecule has 1 aromatic rings. The average Bonchev–Trinajstić information content (AvgIpc) is 2.35. The lowest BCUT2D eigenvalue weighted by Crippen LogP contribution is -2.30. The van der Waals surface area contributed by atoms with Crippen LogP contribution in [0.25, 0.3) is 0 Å². The maximum absolute atomic E-state index is 6.12. The second-order valence-electron chi connectivity index (χ2n) is 4.37. The minimum absolute atomic E-state index is 0.583. The first-order valence-corrected chi connectivity index (χ1v) is 6.76. The lowest BCUT2D eigenvalue weighted by atomic mass is 10.1. The van der Waals surface area contributed by atoms with Gasteiger partial charge in [0.2, 0.25) is 0 Å². The van der Waals surface area contributed by atoms with E-state index >= 15 is 0 Å². The molecule has 0 saturated heterocycles. The third-order valence-electron chi connectivity index (χ3n) is 3.13. The molecule has 0 spiro atoms. The average molecular weight is 256 g/mol. The maximum atomic E-state index is 6.12. The Morgan fingerprint density at radius 1 is 1.29 bits per heavy atom. The number of halogens is 1. The first-order chi connectivity index (χ1) is 8.13. The molecule has 0 aliphatic rings. The summed E-state index contributed by atoms with van der Waals surface area (Å²) in [4.78, 5) is 10.7. The van der Waals surface area contributed by atoms with E-state index in [1.807, 2.05) is 0 Å². The van der Waals surface area contributed by atoms with E-state index in [4.69, 9.17) is 11.6 Å². The van der Waals surface area contributed by atoms with Crippen molar-refractivity contribution in [3.8, 4) is 0 Å². The molecule has 0 aromatic carbocycles. The van der Waals surface area contributed by atoms with E-state index < -0.39 is 0 Å². The summed E-state index contributed by atoms with van der Waals surface area (Å²) in [7, 11) is 0. The van der Waals surface area contributed by atoms with Gasteiger partial charge in [0.15, 0.2) is 0 Å². The predicted molar refractivity (Wildman–Crippen MR) is 73.8 cm³/mol. The van der Waals surface area contributed by atoms with Crippen LogP contribution in [0, 0.1) is 5.92 Å². The molecule has 0 fully saturated rings. The van der Waals surface area contributed by atoms with Crippen molar-refractivity contribution in [3.05, 3.63) is 17.0 Å². The summed E-state index contributed by atoms with van der Waals surface area (Å²) in [5, 5.41) is 0.583. The van der Waals surface area contributed by atoms with Gasteiger partial charge >= 0.3 is 0 Å². The van der Waals surface area contributed by atoms with Gasteiger partial charge in [-0.05, 0) is 19.3 Å². The van der Waals surface area contributed by atoms with Crippen LogP contribution in [0.4, 0.5) is 5.82 Å². The van der Waals surface area contributed by atoms with Crippen LogP contribution in [0.15, 0.2) is 6.33 Å². The third kappa shape index (κ3) is 3.56. The van der Waals surface area contributed by atoms with E-state index in [0.717, 1.165) is 30.9 Å². The minimum Gasteiger partial charge on any atom is -0.356 e. The molecule has 1 aromatic heterocycles. The Bertz CT molecular complexity index is 355. The summed E-state index contributed by atoms with van der Waals surface area (Å²) in [6.45, 7) is 10.7. The SMILES string of the molecule is CCc1c(Cl)ncnc1N(CC)CC(C)CC. The highest BCUT2D eigenvalue weighted by molar-refractivity contribution is 6.30. The van der Waals surface area contributed by atoms with Gasteiger partial charge in [-0.1, -0.05) is 38.8 Å². The Kier molecular flexibility index (Phi) is 5.69. The summed E-state index contributed by atoms with van der Waals surface area (Å²) in [5.41, 5.74) is 1.05. The minimum atomic E-state index is 0.583. The first kappa shape index (κ1) is 14.2. The zero-order valence-corrected chi connectivity index (χ0v) is 12.0. The van der Waals surface area contributed by atoms with Crippen molar-refractivity contribution in [2.24, 2.45) is 5.92 Å². The highest BCUT2D eigenvalue weighted by atomic mass is 35.5. The Morgan fingerprint density at radius 2 is 2.00 bits per heavy atom. The van der Waals surface area contributed by atoms with Crippen LogP contribution in [-0.2, 0) is 6.42 Å². The molecule has 1 rings (SSSR count). The van der Waals surface area contributed by atoms with Gasteiger partial charge in [0.1, 0.15) is 17.3 Å². The Morgan fingerprint density at radius 3 is 2.53 bits per heavy atom. The van der Waals surface area contributed by atoms with Crippen molar-refractivity contribution in [1.29, 1.82) is 0 Å². The van der Waals surface area contributed by atoms with Crippen LogP contribution in [0.3, 0.4) is 0 Å². The van der Waals surface area contributed by atoms with Crippen molar-refractivity contribution < 1.29 is 0 Å². The van der Waals surface area contributed by atoms with Gasteiger partial charge in [0, 0.05) is 18.7 Å². The molecule has 1 atom stereocenters. The highest BCUT2D eigenvalue weighted by Crippen LogP contribution is 2.24. The van der Waals surface area contributed by atoms with Gasteiger partial charge in [0.25, 0.3) is 0 Å². The van der Waals surface area contributed by atoms with E-state index in [-0.39, 0.29) is 0 Å². The van der Waals surface area contributed by atoms with Crippen molar-refractivity contribution >= 4 is 17.4 Å². The third-order valence-corrected chi connectivity index (χ3v) is 3.46. The van der Waals surface area contributed by atoms with Gasteiger partial charge in [0.05, 0.1) is 0 Å². The van der Waals surface area contributed by atoms with Crippen molar-refractivity contribution in [2.75, 3.05) is 18.0 Å². The monoisotopic (exact) mass is 255 g/mol. The Labute approximate surface area is 109 Å². The molecule has 0 radical (unpaired) electrons. The summed E-state index contributed by atoms with van der Waals surface area (Å²) >= 11 is 6.12. The largest absolute Gasteiger partial charge is 0.356 e. The summed E-state index contributed by atoms with van der Waals surface area (Å²) in [5.74, 6) is 1.66. The van der Waals surface area contributed by atoms with Crippen LogP contribution in [-0.4, -0.2) is 23.1 Å². The maximum Gasteiger partial charge on any atom is 0.137 e. The van der Waals surface area contributed by atoms with E-state index in [1.165, 1.54) is 6.42 Å². The molecular formula is C13H22ClN3. The van der Waals surface area contributed by atoms with E-state index in [9.17, 15) is 0 Å². The number of anilines is 1. The summed E-state index contributed by atoms with van der Waals surface area (Å²) in [6.07, 6.45) is 3.60. The molecule has 0 aliphatic heterocycles. The first-order valence-electron chi connectivity index (χ1n) is 6.38.